The van der Waals surface area contributed by atoms with E-state index in [0.717, 1.165) is 5.69 Å². The minimum Gasteiger partial charge on any atom is -0.497 e. The molecule has 0 radical (unpaired) electrons. The molecule has 0 aliphatic carbocycles. The van der Waals surface area contributed by atoms with Crippen LogP contribution in [0.25, 0.3) is 0 Å². The minimum absolute atomic E-state index is 0.000856. The molecule has 27 heavy (non-hydrogen) atoms. The van der Waals surface area contributed by atoms with Crippen LogP contribution in [-0.2, 0) is 4.79 Å². The van der Waals surface area contributed by atoms with E-state index in [0.29, 0.717) is 44.1 Å². The van der Waals surface area contributed by atoms with E-state index in [1.807, 2.05) is 30.0 Å². The molecule has 1 saturated heterocycles. The van der Waals surface area contributed by atoms with E-state index in [-0.39, 0.29) is 11.7 Å². The second kappa shape index (κ2) is 8.75. The van der Waals surface area contributed by atoms with Gasteiger partial charge in [-0.25, -0.2) is 4.39 Å². The number of anilines is 1. The summed E-state index contributed by atoms with van der Waals surface area (Å²) in [7, 11) is 1.60. The van der Waals surface area contributed by atoms with Crippen molar-refractivity contribution in [2.45, 2.75) is 19.4 Å². The molecule has 0 saturated carbocycles. The first-order valence-corrected chi connectivity index (χ1v) is 9.20. The Morgan fingerprint density at radius 3 is 2.37 bits per heavy atom. The molecule has 1 fully saturated rings. The Bertz CT molecular complexity index is 758. The highest BCUT2D eigenvalue weighted by Crippen LogP contribution is 2.22. The molecule has 144 valence electrons. The van der Waals surface area contributed by atoms with Crippen LogP contribution in [0.3, 0.4) is 0 Å². The third-order valence-electron chi connectivity index (χ3n) is 4.75. The molecule has 2 aromatic carbocycles. The lowest BCUT2D eigenvalue weighted by Crippen LogP contribution is -2.52. The number of amides is 1. The second-order valence-corrected chi connectivity index (χ2v) is 6.48. The number of hydrogen-bond acceptors (Lipinski definition) is 4. The molecule has 1 aliphatic heterocycles. The Kier molecular flexibility index (Phi) is 6.16. The van der Waals surface area contributed by atoms with Gasteiger partial charge in [-0.3, -0.25) is 4.79 Å². The maximum absolute atomic E-state index is 13.1. The summed E-state index contributed by atoms with van der Waals surface area (Å²) in [6.45, 7) is 4.61. The van der Waals surface area contributed by atoms with Gasteiger partial charge in [-0.05, 0) is 42.8 Å². The van der Waals surface area contributed by atoms with E-state index in [4.69, 9.17) is 9.47 Å². The van der Waals surface area contributed by atoms with Crippen LogP contribution in [0.1, 0.15) is 13.3 Å². The fourth-order valence-corrected chi connectivity index (χ4v) is 3.19. The van der Waals surface area contributed by atoms with Crippen LogP contribution in [-0.4, -0.2) is 50.2 Å². The summed E-state index contributed by atoms with van der Waals surface area (Å²) in [6.07, 6.45) is 0.0725. The van der Waals surface area contributed by atoms with Gasteiger partial charge >= 0.3 is 0 Å². The second-order valence-electron chi connectivity index (χ2n) is 6.48. The first-order valence-electron chi connectivity index (χ1n) is 9.20. The van der Waals surface area contributed by atoms with Gasteiger partial charge < -0.3 is 19.3 Å². The molecule has 3 rings (SSSR count). The highest BCUT2D eigenvalue weighted by molar-refractivity contribution is 5.81. The van der Waals surface area contributed by atoms with E-state index in [2.05, 4.69) is 4.90 Å². The average molecular weight is 372 g/mol. The third kappa shape index (κ3) is 4.70. The SMILES string of the molecule is CC[C@H](Oc1cccc(OC)c1)C(=O)N1CCN(c2ccc(F)cc2)CC1. The lowest BCUT2D eigenvalue weighted by atomic mass is 10.2. The highest BCUT2D eigenvalue weighted by atomic mass is 19.1. The third-order valence-corrected chi connectivity index (χ3v) is 4.75. The van der Waals surface area contributed by atoms with Crippen molar-refractivity contribution in [2.75, 3.05) is 38.2 Å². The van der Waals surface area contributed by atoms with E-state index >= 15 is 0 Å². The number of methoxy groups -OCH3 is 1. The van der Waals surface area contributed by atoms with E-state index in [1.54, 1.807) is 25.3 Å². The lowest BCUT2D eigenvalue weighted by Gasteiger charge is -2.37. The summed E-state index contributed by atoms with van der Waals surface area (Å²) in [5.74, 6) is 1.08. The van der Waals surface area contributed by atoms with Gasteiger partial charge in [0.05, 0.1) is 7.11 Å². The van der Waals surface area contributed by atoms with Crippen molar-refractivity contribution in [3.8, 4) is 11.5 Å². The van der Waals surface area contributed by atoms with Gasteiger partial charge in [-0.15, -0.1) is 0 Å². The Balaban J connectivity index is 1.58. The Hall–Kier alpha value is -2.76. The largest absolute Gasteiger partial charge is 0.497 e. The van der Waals surface area contributed by atoms with Gasteiger partial charge in [-0.1, -0.05) is 13.0 Å². The molecule has 0 unspecified atom stereocenters. The standard InChI is InChI=1S/C21H25FN2O3/c1-3-20(27-19-6-4-5-18(15-19)26-2)21(25)24-13-11-23(12-14-24)17-9-7-16(22)8-10-17/h4-10,15,20H,3,11-14H2,1-2H3/t20-/m0/s1. The maximum atomic E-state index is 13.1. The minimum atomic E-state index is -0.519. The summed E-state index contributed by atoms with van der Waals surface area (Å²) >= 11 is 0. The molecule has 1 amide bonds. The lowest BCUT2D eigenvalue weighted by molar-refractivity contribution is -0.139. The first kappa shape index (κ1) is 19.0. The summed E-state index contributed by atoms with van der Waals surface area (Å²) in [6, 6.07) is 13.7. The zero-order chi connectivity index (χ0) is 19.2. The smallest absolute Gasteiger partial charge is 0.263 e. The van der Waals surface area contributed by atoms with Crippen LogP contribution >= 0.6 is 0 Å². The molecule has 2 aromatic rings. The predicted octanol–water partition coefficient (Wildman–Crippen LogP) is 3.34. The molecule has 1 aliphatic rings. The molecule has 6 heteroatoms. The van der Waals surface area contributed by atoms with Crippen molar-refractivity contribution in [3.63, 3.8) is 0 Å². The molecule has 1 heterocycles. The van der Waals surface area contributed by atoms with Crippen molar-refractivity contribution in [2.24, 2.45) is 0 Å². The monoisotopic (exact) mass is 372 g/mol. The number of halogens is 1. The number of hydrogen-bond donors (Lipinski definition) is 0. The normalized spacial score (nSPS) is 15.4. The summed E-state index contributed by atoms with van der Waals surface area (Å²) in [5.41, 5.74) is 0.975. The quantitative estimate of drug-likeness (QED) is 0.780. The van der Waals surface area contributed by atoms with Crippen LogP contribution in [0.5, 0.6) is 11.5 Å². The number of ether oxygens (including phenoxy) is 2. The van der Waals surface area contributed by atoms with Crippen LogP contribution in [0, 0.1) is 5.82 Å². The van der Waals surface area contributed by atoms with Gasteiger partial charge in [0.2, 0.25) is 0 Å². The molecule has 5 nitrogen and oxygen atoms in total. The number of nitrogens with zero attached hydrogens (tertiary/aromatic N) is 2. The van der Waals surface area contributed by atoms with Crippen molar-refractivity contribution < 1.29 is 18.7 Å². The molecular formula is C21H25FN2O3. The summed E-state index contributed by atoms with van der Waals surface area (Å²) in [5, 5.41) is 0. The van der Waals surface area contributed by atoms with E-state index < -0.39 is 6.10 Å². The van der Waals surface area contributed by atoms with Gasteiger partial charge in [0, 0.05) is 37.9 Å². The molecular weight excluding hydrogens is 347 g/mol. The van der Waals surface area contributed by atoms with Gasteiger partial charge in [-0.2, -0.15) is 0 Å². The van der Waals surface area contributed by atoms with Gasteiger partial charge in [0.25, 0.3) is 5.91 Å². The predicted molar refractivity (Wildman–Crippen MR) is 103 cm³/mol. The van der Waals surface area contributed by atoms with Crippen LogP contribution in [0.2, 0.25) is 0 Å². The zero-order valence-electron chi connectivity index (χ0n) is 15.7. The molecule has 0 aromatic heterocycles. The Morgan fingerprint density at radius 1 is 1.07 bits per heavy atom. The van der Waals surface area contributed by atoms with Gasteiger partial charge in [0.1, 0.15) is 17.3 Å². The average Bonchev–Trinajstić information content (AvgIpc) is 2.72. The Morgan fingerprint density at radius 2 is 1.74 bits per heavy atom. The number of carbonyl (C=O) groups excluding carboxylic acids is 1. The van der Waals surface area contributed by atoms with Crippen molar-refractivity contribution in [1.29, 1.82) is 0 Å². The molecule has 0 N–H and O–H groups in total. The molecule has 1 atom stereocenters. The number of carbonyl (C=O) groups is 1. The van der Waals surface area contributed by atoms with Crippen molar-refractivity contribution in [1.82, 2.24) is 4.90 Å². The fourth-order valence-electron chi connectivity index (χ4n) is 3.19. The summed E-state index contributed by atoms with van der Waals surface area (Å²) in [4.78, 5) is 16.9. The van der Waals surface area contributed by atoms with Crippen LogP contribution in [0.15, 0.2) is 48.5 Å². The number of benzene rings is 2. The van der Waals surface area contributed by atoms with Crippen LogP contribution in [0.4, 0.5) is 10.1 Å². The maximum Gasteiger partial charge on any atom is 0.263 e. The van der Waals surface area contributed by atoms with Crippen molar-refractivity contribution in [3.05, 3.63) is 54.3 Å². The first-order chi connectivity index (χ1) is 13.1. The van der Waals surface area contributed by atoms with E-state index in [9.17, 15) is 9.18 Å². The van der Waals surface area contributed by atoms with Gasteiger partial charge in [0.15, 0.2) is 6.10 Å². The molecule has 0 spiro atoms. The summed E-state index contributed by atoms with van der Waals surface area (Å²) < 4.78 is 24.2. The van der Waals surface area contributed by atoms with Crippen LogP contribution < -0.4 is 14.4 Å². The number of rotatable bonds is 6. The number of piperazine rings is 1. The Labute approximate surface area is 159 Å². The fraction of sp³-hybridized carbons (Fsp3) is 0.381. The van der Waals surface area contributed by atoms with E-state index in [1.165, 1.54) is 12.1 Å². The molecule has 0 bridgehead atoms. The highest BCUT2D eigenvalue weighted by Gasteiger charge is 2.28. The zero-order valence-corrected chi connectivity index (χ0v) is 15.7. The van der Waals surface area contributed by atoms with Crippen molar-refractivity contribution >= 4 is 11.6 Å². The topological polar surface area (TPSA) is 42.0 Å².